The Bertz CT molecular complexity index is 700. The van der Waals surface area contributed by atoms with Crippen molar-refractivity contribution in [1.29, 1.82) is 0 Å². The van der Waals surface area contributed by atoms with Crippen LogP contribution < -0.4 is 0 Å². The van der Waals surface area contributed by atoms with Gasteiger partial charge in [-0.25, -0.2) is 0 Å². The summed E-state index contributed by atoms with van der Waals surface area (Å²) in [7, 11) is 0. The fourth-order valence-electron chi connectivity index (χ4n) is 2.95. The average Bonchev–Trinajstić information content (AvgIpc) is 3.10. The lowest BCUT2D eigenvalue weighted by molar-refractivity contribution is 0.0504. The van der Waals surface area contributed by atoms with E-state index in [9.17, 15) is 4.79 Å². The number of benzene rings is 1. The molecular weight excluding hydrogens is 324 g/mol. The summed E-state index contributed by atoms with van der Waals surface area (Å²) >= 11 is 6.19. The molecule has 5 heteroatoms. The number of carbonyl (C=O) groups excluding carboxylic acids is 1. The number of hydrogen-bond acceptors (Lipinski definition) is 3. The Kier molecular flexibility index (Phi) is 5.48. The molecule has 1 fully saturated rings. The molecule has 0 saturated carbocycles. The number of carbonyl (C=O) groups is 1. The standard InChI is InChI=1S/C19H21ClN2O2/c1-14-17(8-4-9-18(14)20)19(23)22(13-16-7-5-11-24-16)12-15-6-2-3-10-21-15/h2-4,6,8-10,16H,5,7,11-13H2,1H3. The van der Waals surface area contributed by atoms with Gasteiger partial charge in [-0.3, -0.25) is 9.78 Å². The molecule has 24 heavy (non-hydrogen) atoms. The number of ether oxygens (including phenoxy) is 1. The Morgan fingerprint density at radius 3 is 2.92 bits per heavy atom. The van der Waals surface area contributed by atoms with Crippen molar-refractivity contribution in [2.45, 2.75) is 32.4 Å². The number of halogens is 1. The molecule has 1 unspecified atom stereocenters. The fourth-order valence-corrected chi connectivity index (χ4v) is 3.12. The van der Waals surface area contributed by atoms with Gasteiger partial charge in [0, 0.05) is 29.9 Å². The summed E-state index contributed by atoms with van der Waals surface area (Å²) in [5.41, 5.74) is 2.31. The topological polar surface area (TPSA) is 42.4 Å². The van der Waals surface area contributed by atoms with Gasteiger partial charge in [0.1, 0.15) is 0 Å². The molecule has 0 spiro atoms. The second-order valence-corrected chi connectivity index (χ2v) is 6.46. The zero-order valence-electron chi connectivity index (χ0n) is 13.7. The summed E-state index contributed by atoms with van der Waals surface area (Å²) in [6.07, 6.45) is 3.87. The highest BCUT2D eigenvalue weighted by molar-refractivity contribution is 6.31. The third-order valence-corrected chi connectivity index (χ3v) is 4.72. The molecule has 1 atom stereocenters. The summed E-state index contributed by atoms with van der Waals surface area (Å²) in [4.78, 5) is 19.3. The van der Waals surface area contributed by atoms with E-state index in [1.165, 1.54) is 0 Å². The molecular formula is C19H21ClN2O2. The molecule has 1 amide bonds. The molecule has 4 nitrogen and oxygen atoms in total. The third-order valence-electron chi connectivity index (χ3n) is 4.31. The smallest absolute Gasteiger partial charge is 0.254 e. The highest BCUT2D eigenvalue weighted by Crippen LogP contribution is 2.22. The van der Waals surface area contributed by atoms with Crippen LogP contribution in [-0.2, 0) is 11.3 Å². The van der Waals surface area contributed by atoms with Crippen molar-refractivity contribution < 1.29 is 9.53 Å². The highest BCUT2D eigenvalue weighted by Gasteiger charge is 2.25. The molecule has 1 aromatic carbocycles. The first-order valence-corrected chi connectivity index (χ1v) is 8.59. The van der Waals surface area contributed by atoms with E-state index in [1.807, 2.05) is 42.2 Å². The van der Waals surface area contributed by atoms with E-state index in [-0.39, 0.29) is 12.0 Å². The van der Waals surface area contributed by atoms with Crippen molar-refractivity contribution in [3.05, 3.63) is 64.4 Å². The summed E-state index contributed by atoms with van der Waals surface area (Å²) < 4.78 is 5.72. The quantitative estimate of drug-likeness (QED) is 0.827. The van der Waals surface area contributed by atoms with Gasteiger partial charge in [0.2, 0.25) is 0 Å². The molecule has 3 rings (SSSR count). The Hall–Kier alpha value is -1.91. The van der Waals surface area contributed by atoms with Crippen molar-refractivity contribution in [1.82, 2.24) is 9.88 Å². The Labute approximate surface area is 147 Å². The lowest BCUT2D eigenvalue weighted by Gasteiger charge is -2.26. The van der Waals surface area contributed by atoms with Gasteiger partial charge in [0.25, 0.3) is 5.91 Å². The van der Waals surface area contributed by atoms with Crippen LogP contribution in [0.15, 0.2) is 42.6 Å². The Morgan fingerprint density at radius 1 is 1.33 bits per heavy atom. The van der Waals surface area contributed by atoms with Gasteiger partial charge >= 0.3 is 0 Å². The normalized spacial score (nSPS) is 17.0. The number of amides is 1. The fraction of sp³-hybridized carbons (Fsp3) is 0.368. The van der Waals surface area contributed by atoms with Crippen molar-refractivity contribution in [3.8, 4) is 0 Å². The van der Waals surface area contributed by atoms with Gasteiger partial charge in [-0.05, 0) is 49.6 Å². The predicted molar refractivity (Wildman–Crippen MR) is 94.1 cm³/mol. The molecule has 1 saturated heterocycles. The SMILES string of the molecule is Cc1c(Cl)cccc1C(=O)N(Cc1ccccn1)CC1CCCO1. The van der Waals surface area contributed by atoms with Crippen LogP contribution in [0, 0.1) is 6.92 Å². The van der Waals surface area contributed by atoms with Crippen LogP contribution in [0.2, 0.25) is 5.02 Å². The van der Waals surface area contributed by atoms with Gasteiger partial charge in [0.05, 0.1) is 18.3 Å². The van der Waals surface area contributed by atoms with Crippen molar-refractivity contribution in [2.24, 2.45) is 0 Å². The number of pyridine rings is 1. The van der Waals surface area contributed by atoms with Crippen LogP contribution in [0.5, 0.6) is 0 Å². The maximum absolute atomic E-state index is 13.1. The van der Waals surface area contributed by atoms with E-state index in [4.69, 9.17) is 16.3 Å². The van der Waals surface area contributed by atoms with Gasteiger partial charge < -0.3 is 9.64 Å². The molecule has 0 bridgehead atoms. The zero-order chi connectivity index (χ0) is 16.9. The van der Waals surface area contributed by atoms with Crippen LogP contribution in [-0.4, -0.2) is 35.0 Å². The summed E-state index contributed by atoms with van der Waals surface area (Å²) in [5.74, 6) is -0.0313. The molecule has 2 aromatic rings. The van der Waals surface area contributed by atoms with Crippen molar-refractivity contribution in [2.75, 3.05) is 13.2 Å². The number of nitrogens with zero attached hydrogens (tertiary/aromatic N) is 2. The van der Waals surface area contributed by atoms with Crippen LogP contribution in [0.25, 0.3) is 0 Å². The first-order chi connectivity index (χ1) is 11.6. The minimum Gasteiger partial charge on any atom is -0.376 e. The van der Waals surface area contributed by atoms with Crippen LogP contribution in [0.1, 0.15) is 34.5 Å². The van der Waals surface area contributed by atoms with Crippen LogP contribution in [0.4, 0.5) is 0 Å². The Morgan fingerprint density at radius 2 is 2.21 bits per heavy atom. The van der Waals surface area contributed by atoms with E-state index in [0.717, 1.165) is 30.7 Å². The second-order valence-electron chi connectivity index (χ2n) is 6.05. The van der Waals surface area contributed by atoms with Gasteiger partial charge in [-0.1, -0.05) is 23.7 Å². The minimum atomic E-state index is -0.0313. The van der Waals surface area contributed by atoms with Gasteiger partial charge in [-0.2, -0.15) is 0 Å². The van der Waals surface area contributed by atoms with E-state index in [0.29, 0.717) is 23.7 Å². The lowest BCUT2D eigenvalue weighted by Crippen LogP contribution is -2.37. The molecule has 1 aliphatic rings. The first kappa shape index (κ1) is 16.9. The first-order valence-electron chi connectivity index (χ1n) is 8.21. The molecule has 1 aliphatic heterocycles. The summed E-state index contributed by atoms with van der Waals surface area (Å²) in [6, 6.07) is 11.2. The molecule has 0 aliphatic carbocycles. The largest absolute Gasteiger partial charge is 0.376 e. The number of hydrogen-bond donors (Lipinski definition) is 0. The van der Waals surface area contributed by atoms with Crippen molar-refractivity contribution >= 4 is 17.5 Å². The molecule has 1 aromatic heterocycles. The van der Waals surface area contributed by atoms with E-state index < -0.39 is 0 Å². The molecule has 2 heterocycles. The zero-order valence-corrected chi connectivity index (χ0v) is 14.5. The number of aromatic nitrogens is 1. The summed E-state index contributed by atoms with van der Waals surface area (Å²) in [6.45, 7) is 3.68. The van der Waals surface area contributed by atoms with Gasteiger partial charge in [0.15, 0.2) is 0 Å². The molecule has 0 N–H and O–H groups in total. The van der Waals surface area contributed by atoms with Crippen molar-refractivity contribution in [3.63, 3.8) is 0 Å². The summed E-state index contributed by atoms with van der Waals surface area (Å²) in [5, 5.41) is 0.607. The van der Waals surface area contributed by atoms with Crippen LogP contribution in [0.3, 0.4) is 0 Å². The molecule has 0 radical (unpaired) electrons. The minimum absolute atomic E-state index is 0.0313. The van der Waals surface area contributed by atoms with Crippen LogP contribution >= 0.6 is 11.6 Å². The maximum atomic E-state index is 13.1. The van der Waals surface area contributed by atoms with E-state index in [2.05, 4.69) is 4.98 Å². The average molecular weight is 345 g/mol. The molecule has 126 valence electrons. The number of rotatable bonds is 5. The van der Waals surface area contributed by atoms with E-state index in [1.54, 1.807) is 12.3 Å². The lowest BCUT2D eigenvalue weighted by atomic mass is 10.1. The predicted octanol–water partition coefficient (Wildman–Crippen LogP) is 3.86. The maximum Gasteiger partial charge on any atom is 0.254 e. The van der Waals surface area contributed by atoms with E-state index >= 15 is 0 Å². The highest BCUT2D eigenvalue weighted by atomic mass is 35.5. The monoisotopic (exact) mass is 344 g/mol. The third kappa shape index (κ3) is 3.94. The van der Waals surface area contributed by atoms with Gasteiger partial charge in [-0.15, -0.1) is 0 Å². The second kappa shape index (κ2) is 7.77. The Balaban J connectivity index is 1.84.